The maximum Gasteiger partial charge on any atom is 0.318 e. The fourth-order valence-electron chi connectivity index (χ4n) is 2.12. The van der Waals surface area contributed by atoms with Gasteiger partial charge in [-0.15, -0.1) is 0 Å². The monoisotopic (exact) mass is 322 g/mol. The highest BCUT2D eigenvalue weighted by Crippen LogP contribution is 2.11. The summed E-state index contributed by atoms with van der Waals surface area (Å²) in [6, 6.07) is 0. The Bertz CT molecular complexity index is 478. The molecule has 1 atom stereocenters. The molecule has 1 rings (SSSR count). The van der Waals surface area contributed by atoms with Gasteiger partial charge in [0.25, 0.3) is 0 Å². The van der Waals surface area contributed by atoms with Crippen molar-refractivity contribution in [3.8, 4) is 0 Å². The van der Waals surface area contributed by atoms with Crippen molar-refractivity contribution in [3.05, 3.63) is 0 Å². The van der Waals surface area contributed by atoms with Gasteiger partial charge in [-0.2, -0.15) is 4.31 Å². The van der Waals surface area contributed by atoms with Gasteiger partial charge in [0.15, 0.2) is 0 Å². The zero-order valence-corrected chi connectivity index (χ0v) is 13.1. The number of carboxylic acids is 1. The van der Waals surface area contributed by atoms with E-state index in [1.807, 2.05) is 6.92 Å². The van der Waals surface area contributed by atoms with Crippen LogP contribution in [0.5, 0.6) is 0 Å². The number of carbonyl (C=O) groups is 2. The predicted molar refractivity (Wildman–Crippen MR) is 75.3 cm³/mol. The molecule has 122 valence electrons. The lowest BCUT2D eigenvalue weighted by Crippen LogP contribution is -2.51. The van der Waals surface area contributed by atoms with E-state index in [4.69, 9.17) is 9.84 Å². The minimum atomic E-state index is -3.64. The average molecular weight is 322 g/mol. The highest BCUT2D eigenvalue weighted by molar-refractivity contribution is 7.88. The Morgan fingerprint density at radius 3 is 2.62 bits per heavy atom. The van der Waals surface area contributed by atoms with Crippen molar-refractivity contribution in [2.75, 3.05) is 39.0 Å². The molecule has 0 bridgehead atoms. The van der Waals surface area contributed by atoms with Crippen LogP contribution in [0.4, 0.5) is 0 Å². The predicted octanol–water partition coefficient (Wildman–Crippen LogP) is -0.640. The number of sulfonamides is 1. The smallest absolute Gasteiger partial charge is 0.318 e. The molecule has 0 radical (unpaired) electrons. The summed E-state index contributed by atoms with van der Waals surface area (Å²) in [6.45, 7) is 2.32. The number of aliphatic carboxylic acids is 1. The molecule has 1 fully saturated rings. The molecule has 0 spiro atoms. The van der Waals surface area contributed by atoms with Crippen LogP contribution in [-0.2, 0) is 24.3 Å². The van der Waals surface area contributed by atoms with Crippen molar-refractivity contribution < 1.29 is 27.9 Å². The molecule has 1 aliphatic heterocycles. The molecule has 1 unspecified atom stereocenters. The van der Waals surface area contributed by atoms with Gasteiger partial charge in [-0.25, -0.2) is 8.42 Å². The zero-order chi connectivity index (χ0) is 16.0. The van der Waals surface area contributed by atoms with E-state index in [9.17, 15) is 18.0 Å². The van der Waals surface area contributed by atoms with E-state index in [2.05, 4.69) is 0 Å². The van der Waals surface area contributed by atoms with Crippen molar-refractivity contribution in [1.29, 1.82) is 0 Å². The molecule has 8 nitrogen and oxygen atoms in total. The fraction of sp³-hybridized carbons (Fsp3) is 0.833. The first kappa shape index (κ1) is 17.9. The van der Waals surface area contributed by atoms with E-state index in [1.54, 1.807) is 4.90 Å². The summed E-state index contributed by atoms with van der Waals surface area (Å²) in [4.78, 5) is 24.2. The SMILES string of the molecule is CCCC(=O)N1CCOC(CN(CC(=O)O)S(C)(=O)=O)C1. The van der Waals surface area contributed by atoms with E-state index in [-0.39, 0.29) is 19.0 Å². The van der Waals surface area contributed by atoms with Gasteiger partial charge in [0, 0.05) is 26.1 Å². The standard InChI is InChI=1S/C12H22N2O6S/c1-3-4-11(15)13-5-6-20-10(7-13)8-14(9-12(16)17)21(2,18)19/h10H,3-9H2,1-2H3,(H,16,17). The number of ether oxygens (including phenoxy) is 1. The lowest BCUT2D eigenvalue weighted by Gasteiger charge is -2.34. The number of amides is 1. The summed E-state index contributed by atoms with van der Waals surface area (Å²) < 4.78 is 29.5. The Morgan fingerprint density at radius 1 is 1.43 bits per heavy atom. The molecule has 0 aliphatic carbocycles. The number of carbonyl (C=O) groups excluding carboxylic acids is 1. The van der Waals surface area contributed by atoms with Crippen molar-refractivity contribution in [2.24, 2.45) is 0 Å². The van der Waals surface area contributed by atoms with Crippen LogP contribution in [-0.4, -0.2) is 79.8 Å². The molecule has 1 heterocycles. The number of morpholine rings is 1. The molecule has 1 saturated heterocycles. The molecule has 21 heavy (non-hydrogen) atoms. The molecule has 1 aliphatic rings. The van der Waals surface area contributed by atoms with Gasteiger partial charge in [0.05, 0.1) is 19.0 Å². The molecule has 9 heteroatoms. The second-order valence-electron chi connectivity index (χ2n) is 5.03. The van der Waals surface area contributed by atoms with Crippen LogP contribution in [0, 0.1) is 0 Å². The Kier molecular flexibility index (Phi) is 6.56. The summed E-state index contributed by atoms with van der Waals surface area (Å²) in [5.74, 6) is -1.22. The van der Waals surface area contributed by atoms with Crippen molar-refractivity contribution >= 4 is 21.9 Å². The van der Waals surface area contributed by atoms with Crippen LogP contribution in [0.2, 0.25) is 0 Å². The van der Waals surface area contributed by atoms with Crippen LogP contribution < -0.4 is 0 Å². The van der Waals surface area contributed by atoms with E-state index in [0.717, 1.165) is 17.0 Å². The summed E-state index contributed by atoms with van der Waals surface area (Å²) in [7, 11) is -3.64. The molecule has 1 N–H and O–H groups in total. The maximum atomic E-state index is 11.8. The number of hydrogen-bond acceptors (Lipinski definition) is 5. The van der Waals surface area contributed by atoms with Crippen LogP contribution in [0.3, 0.4) is 0 Å². The minimum absolute atomic E-state index is 0.00920. The Labute approximate surface area is 124 Å². The Hall–Kier alpha value is -1.19. The molecule has 0 aromatic rings. The van der Waals surface area contributed by atoms with Crippen molar-refractivity contribution in [3.63, 3.8) is 0 Å². The third kappa shape index (κ3) is 5.98. The normalized spacial score (nSPS) is 19.8. The van der Waals surface area contributed by atoms with Gasteiger partial charge >= 0.3 is 5.97 Å². The average Bonchev–Trinajstić information content (AvgIpc) is 2.37. The van der Waals surface area contributed by atoms with Crippen LogP contribution in [0.1, 0.15) is 19.8 Å². The highest BCUT2D eigenvalue weighted by atomic mass is 32.2. The van der Waals surface area contributed by atoms with Gasteiger partial charge in [0.1, 0.15) is 6.54 Å². The summed E-state index contributed by atoms with van der Waals surface area (Å²) in [6.07, 6.45) is 1.64. The molecular formula is C12H22N2O6S. The lowest BCUT2D eigenvalue weighted by atomic mass is 10.2. The van der Waals surface area contributed by atoms with E-state index >= 15 is 0 Å². The molecule has 0 aromatic carbocycles. The third-order valence-corrected chi connectivity index (χ3v) is 4.36. The van der Waals surface area contributed by atoms with Crippen molar-refractivity contribution in [1.82, 2.24) is 9.21 Å². The largest absolute Gasteiger partial charge is 0.480 e. The third-order valence-electron chi connectivity index (χ3n) is 3.14. The van der Waals surface area contributed by atoms with Gasteiger partial charge in [-0.05, 0) is 6.42 Å². The first-order valence-corrected chi connectivity index (χ1v) is 8.65. The minimum Gasteiger partial charge on any atom is -0.480 e. The maximum absolute atomic E-state index is 11.8. The highest BCUT2D eigenvalue weighted by Gasteiger charge is 2.29. The molecule has 0 aromatic heterocycles. The lowest BCUT2D eigenvalue weighted by molar-refractivity contribution is -0.141. The van der Waals surface area contributed by atoms with Crippen LogP contribution in [0.25, 0.3) is 0 Å². The van der Waals surface area contributed by atoms with Crippen LogP contribution >= 0.6 is 0 Å². The van der Waals surface area contributed by atoms with Gasteiger partial charge in [0.2, 0.25) is 15.9 Å². The Morgan fingerprint density at radius 2 is 2.10 bits per heavy atom. The van der Waals surface area contributed by atoms with Gasteiger partial charge in [-0.3, -0.25) is 9.59 Å². The second kappa shape index (κ2) is 7.71. The molecular weight excluding hydrogens is 300 g/mol. The molecule has 1 amide bonds. The summed E-state index contributed by atoms with van der Waals surface area (Å²) in [5, 5.41) is 8.78. The first-order valence-electron chi connectivity index (χ1n) is 6.80. The first-order chi connectivity index (χ1) is 9.74. The topological polar surface area (TPSA) is 104 Å². The molecule has 0 saturated carbocycles. The Balaban J connectivity index is 2.67. The second-order valence-corrected chi connectivity index (χ2v) is 7.01. The fourth-order valence-corrected chi connectivity index (χ4v) is 2.91. The zero-order valence-electron chi connectivity index (χ0n) is 12.3. The summed E-state index contributed by atoms with van der Waals surface area (Å²) >= 11 is 0. The van der Waals surface area contributed by atoms with E-state index < -0.39 is 28.6 Å². The van der Waals surface area contributed by atoms with Gasteiger partial charge < -0.3 is 14.7 Å². The number of nitrogens with zero attached hydrogens (tertiary/aromatic N) is 2. The number of rotatable bonds is 7. The van der Waals surface area contributed by atoms with E-state index in [0.29, 0.717) is 19.6 Å². The quantitative estimate of drug-likeness (QED) is 0.668. The number of carboxylic acid groups (broad SMARTS) is 1. The van der Waals surface area contributed by atoms with Crippen LogP contribution in [0.15, 0.2) is 0 Å². The number of hydrogen-bond donors (Lipinski definition) is 1. The van der Waals surface area contributed by atoms with Gasteiger partial charge in [-0.1, -0.05) is 6.92 Å². The van der Waals surface area contributed by atoms with Crippen molar-refractivity contribution in [2.45, 2.75) is 25.9 Å². The summed E-state index contributed by atoms with van der Waals surface area (Å²) in [5.41, 5.74) is 0. The van der Waals surface area contributed by atoms with E-state index in [1.165, 1.54) is 0 Å².